The fourth-order valence-corrected chi connectivity index (χ4v) is 3.49. The average Bonchev–Trinajstić information content (AvgIpc) is 3.09. The Kier molecular flexibility index (Phi) is 4.51. The van der Waals surface area contributed by atoms with Gasteiger partial charge in [0, 0.05) is 48.9 Å². The van der Waals surface area contributed by atoms with Crippen molar-refractivity contribution in [2.45, 2.75) is 25.8 Å². The van der Waals surface area contributed by atoms with Crippen molar-refractivity contribution in [2.24, 2.45) is 0 Å². The summed E-state index contributed by atoms with van der Waals surface area (Å²) in [4.78, 5) is 6.79. The predicted molar refractivity (Wildman–Crippen MR) is 85.6 cm³/mol. The summed E-state index contributed by atoms with van der Waals surface area (Å²) in [6, 6.07) is 7.28. The first-order chi connectivity index (χ1) is 10.2. The van der Waals surface area contributed by atoms with Crippen molar-refractivity contribution in [1.29, 1.82) is 0 Å². The van der Waals surface area contributed by atoms with E-state index in [0.29, 0.717) is 6.04 Å². The number of hydrogen-bond acceptors (Lipinski definition) is 4. The quantitative estimate of drug-likeness (QED) is 0.920. The van der Waals surface area contributed by atoms with Crippen molar-refractivity contribution in [1.82, 2.24) is 10.3 Å². The summed E-state index contributed by atoms with van der Waals surface area (Å²) in [7, 11) is 0. The van der Waals surface area contributed by atoms with Gasteiger partial charge in [-0.2, -0.15) is 0 Å². The number of nitrogens with one attached hydrogen (secondary N) is 1. The van der Waals surface area contributed by atoms with Gasteiger partial charge in [0.1, 0.15) is 5.82 Å². The molecule has 1 unspecified atom stereocenters. The monoisotopic (exact) mass is 305 g/mol. The molecule has 0 aliphatic carbocycles. The lowest BCUT2D eigenvalue weighted by Gasteiger charge is -2.19. The molecule has 1 aromatic heterocycles. The third kappa shape index (κ3) is 3.80. The Morgan fingerprint density at radius 3 is 2.90 bits per heavy atom. The first-order valence-electron chi connectivity index (χ1n) is 7.35. The van der Waals surface area contributed by atoms with Gasteiger partial charge in [-0.05, 0) is 37.6 Å². The van der Waals surface area contributed by atoms with E-state index in [9.17, 15) is 4.39 Å². The lowest BCUT2D eigenvalue weighted by molar-refractivity contribution is 0.554. The van der Waals surface area contributed by atoms with Gasteiger partial charge in [-0.25, -0.2) is 9.37 Å². The van der Waals surface area contributed by atoms with Crippen LogP contribution in [0.2, 0.25) is 0 Å². The molecule has 0 saturated carbocycles. The molecule has 5 heteroatoms. The normalized spacial score (nSPS) is 18.4. The van der Waals surface area contributed by atoms with Gasteiger partial charge in [-0.15, -0.1) is 11.3 Å². The van der Waals surface area contributed by atoms with Gasteiger partial charge in [0.2, 0.25) is 0 Å². The third-order valence-corrected chi connectivity index (χ3v) is 4.84. The fraction of sp³-hybridized carbons (Fsp3) is 0.438. The highest BCUT2D eigenvalue weighted by atomic mass is 32.1. The number of hydrogen-bond donors (Lipinski definition) is 1. The largest absolute Gasteiger partial charge is 0.370 e. The lowest BCUT2D eigenvalue weighted by atomic mass is 10.2. The van der Waals surface area contributed by atoms with Gasteiger partial charge in [0.05, 0.1) is 5.01 Å². The second-order valence-electron chi connectivity index (χ2n) is 5.49. The summed E-state index contributed by atoms with van der Waals surface area (Å²) in [5.41, 5.74) is 2.22. The molecule has 2 heterocycles. The minimum absolute atomic E-state index is 0.175. The second kappa shape index (κ2) is 6.54. The summed E-state index contributed by atoms with van der Waals surface area (Å²) < 4.78 is 12.9. The minimum atomic E-state index is -0.175. The number of rotatable bonds is 5. The first-order valence-corrected chi connectivity index (χ1v) is 8.23. The summed E-state index contributed by atoms with van der Waals surface area (Å²) in [5, 5.41) is 6.90. The minimum Gasteiger partial charge on any atom is -0.370 e. The zero-order valence-corrected chi connectivity index (χ0v) is 13.0. The number of thiazole rings is 1. The van der Waals surface area contributed by atoms with Crippen molar-refractivity contribution >= 4 is 17.0 Å². The van der Waals surface area contributed by atoms with Crippen LogP contribution in [0.1, 0.15) is 17.1 Å². The van der Waals surface area contributed by atoms with E-state index in [1.807, 2.05) is 19.1 Å². The maximum atomic E-state index is 12.9. The zero-order chi connectivity index (χ0) is 14.7. The SMILES string of the molecule is Cc1csc(CCNC2CCN(c3ccc(F)cc3)C2)n1. The highest BCUT2D eigenvalue weighted by Gasteiger charge is 2.22. The Morgan fingerprint density at radius 2 is 2.19 bits per heavy atom. The molecule has 1 atom stereocenters. The molecule has 1 N–H and O–H groups in total. The molecule has 1 aliphatic rings. The highest BCUT2D eigenvalue weighted by Crippen LogP contribution is 2.20. The average molecular weight is 305 g/mol. The standard InChI is InChI=1S/C16H20FN3S/c1-12-11-21-16(19-12)6-8-18-14-7-9-20(10-14)15-4-2-13(17)3-5-15/h2-5,11,14,18H,6-10H2,1H3. The Hall–Kier alpha value is -1.46. The van der Waals surface area contributed by atoms with E-state index < -0.39 is 0 Å². The Bertz CT molecular complexity index is 581. The van der Waals surface area contributed by atoms with Crippen molar-refractivity contribution in [2.75, 3.05) is 24.5 Å². The Morgan fingerprint density at radius 1 is 1.38 bits per heavy atom. The van der Waals surface area contributed by atoms with Gasteiger partial charge in [-0.3, -0.25) is 0 Å². The van der Waals surface area contributed by atoms with Crippen LogP contribution in [0.25, 0.3) is 0 Å². The van der Waals surface area contributed by atoms with Crippen LogP contribution in [0.15, 0.2) is 29.6 Å². The molecule has 0 radical (unpaired) electrons. The molecule has 0 bridgehead atoms. The van der Waals surface area contributed by atoms with E-state index >= 15 is 0 Å². The predicted octanol–water partition coefficient (Wildman–Crippen LogP) is 3.00. The molecule has 112 valence electrons. The number of aromatic nitrogens is 1. The molecule has 1 aliphatic heterocycles. The number of nitrogens with zero attached hydrogens (tertiary/aromatic N) is 2. The van der Waals surface area contributed by atoms with E-state index in [1.165, 1.54) is 17.1 Å². The van der Waals surface area contributed by atoms with Gasteiger partial charge in [0.15, 0.2) is 0 Å². The van der Waals surface area contributed by atoms with Crippen LogP contribution >= 0.6 is 11.3 Å². The van der Waals surface area contributed by atoms with E-state index in [4.69, 9.17) is 0 Å². The maximum Gasteiger partial charge on any atom is 0.123 e. The lowest BCUT2D eigenvalue weighted by Crippen LogP contribution is -2.33. The van der Waals surface area contributed by atoms with Crippen molar-refractivity contribution in [3.8, 4) is 0 Å². The summed E-state index contributed by atoms with van der Waals surface area (Å²) in [6.45, 7) is 5.02. The van der Waals surface area contributed by atoms with Gasteiger partial charge >= 0.3 is 0 Å². The number of halogens is 1. The Balaban J connectivity index is 1.45. The van der Waals surface area contributed by atoms with Crippen molar-refractivity contribution in [3.63, 3.8) is 0 Å². The molecule has 1 fully saturated rings. The number of benzene rings is 1. The molecule has 0 amide bonds. The van der Waals surface area contributed by atoms with Crippen molar-refractivity contribution < 1.29 is 4.39 Å². The maximum absolute atomic E-state index is 12.9. The molecule has 21 heavy (non-hydrogen) atoms. The van der Waals surface area contributed by atoms with E-state index in [-0.39, 0.29) is 5.82 Å². The molecule has 2 aromatic rings. The van der Waals surface area contributed by atoms with E-state index in [1.54, 1.807) is 11.3 Å². The summed E-state index contributed by atoms with van der Waals surface area (Å²) in [6.07, 6.45) is 2.12. The molecule has 1 aromatic carbocycles. The summed E-state index contributed by atoms with van der Waals surface area (Å²) >= 11 is 1.73. The molecule has 3 nitrogen and oxygen atoms in total. The number of anilines is 1. The first kappa shape index (κ1) is 14.5. The van der Waals surface area contributed by atoms with Crippen LogP contribution in [0.5, 0.6) is 0 Å². The van der Waals surface area contributed by atoms with Gasteiger partial charge < -0.3 is 10.2 Å². The van der Waals surface area contributed by atoms with E-state index in [2.05, 4.69) is 20.6 Å². The topological polar surface area (TPSA) is 28.2 Å². The molecular formula is C16H20FN3S. The molecule has 3 rings (SSSR count). The van der Waals surface area contributed by atoms with Crippen molar-refractivity contribution in [3.05, 3.63) is 46.2 Å². The van der Waals surface area contributed by atoms with Gasteiger partial charge in [0.25, 0.3) is 0 Å². The van der Waals surface area contributed by atoms with Crippen LogP contribution < -0.4 is 10.2 Å². The van der Waals surface area contributed by atoms with Crippen LogP contribution in [0, 0.1) is 12.7 Å². The van der Waals surface area contributed by atoms with Gasteiger partial charge in [-0.1, -0.05) is 0 Å². The van der Waals surface area contributed by atoms with E-state index in [0.717, 1.165) is 43.9 Å². The second-order valence-corrected chi connectivity index (χ2v) is 6.44. The number of aryl methyl sites for hydroxylation is 1. The Labute approximate surface area is 128 Å². The van der Waals surface area contributed by atoms with Crippen LogP contribution in [0.3, 0.4) is 0 Å². The van der Waals surface area contributed by atoms with Crippen LogP contribution in [0.4, 0.5) is 10.1 Å². The molecule has 1 saturated heterocycles. The highest BCUT2D eigenvalue weighted by molar-refractivity contribution is 7.09. The molecule has 0 spiro atoms. The zero-order valence-electron chi connectivity index (χ0n) is 12.2. The smallest absolute Gasteiger partial charge is 0.123 e. The third-order valence-electron chi connectivity index (χ3n) is 3.82. The summed E-state index contributed by atoms with van der Waals surface area (Å²) in [5.74, 6) is -0.175. The van der Waals surface area contributed by atoms with Crippen LogP contribution in [-0.2, 0) is 6.42 Å². The fourth-order valence-electron chi connectivity index (χ4n) is 2.71. The van der Waals surface area contributed by atoms with Crippen LogP contribution in [-0.4, -0.2) is 30.7 Å². The molecular weight excluding hydrogens is 285 g/mol.